The van der Waals surface area contributed by atoms with Crippen molar-refractivity contribution in [1.82, 2.24) is 19.2 Å². The van der Waals surface area contributed by atoms with E-state index in [1.54, 1.807) is 15.9 Å². The number of thiophene rings is 1. The summed E-state index contributed by atoms with van der Waals surface area (Å²) >= 11 is 2.91. The number of aromatic nitrogens is 4. The highest BCUT2D eigenvalue weighted by atomic mass is 32.2. The molecular weight excluding hydrogens is 504 g/mol. The summed E-state index contributed by atoms with van der Waals surface area (Å²) in [6, 6.07) is 19.4. The molecule has 6 rings (SSSR count). The maximum atomic E-state index is 14.0. The van der Waals surface area contributed by atoms with Crippen LogP contribution in [0.5, 0.6) is 0 Å². The van der Waals surface area contributed by atoms with Gasteiger partial charge in [0.05, 0.1) is 23.3 Å². The molecule has 0 amide bonds. The number of ketones is 1. The molecular formula is C28H26N4O3S2. The molecule has 37 heavy (non-hydrogen) atoms. The van der Waals surface area contributed by atoms with Crippen LogP contribution in [-0.2, 0) is 30.7 Å². The third-order valence-electron chi connectivity index (χ3n) is 6.68. The lowest BCUT2D eigenvalue weighted by Gasteiger charge is -2.29. The van der Waals surface area contributed by atoms with Gasteiger partial charge in [0.2, 0.25) is 5.78 Å². The Morgan fingerprint density at radius 1 is 1.08 bits per heavy atom. The van der Waals surface area contributed by atoms with Gasteiger partial charge < -0.3 is 4.74 Å². The Hall–Kier alpha value is -3.27. The number of aryl methyl sites for hydroxylation is 2. The van der Waals surface area contributed by atoms with Crippen molar-refractivity contribution in [1.29, 1.82) is 0 Å². The fraction of sp³-hybridized carbons (Fsp3) is 0.286. The number of fused-ring (bicyclic) bond motifs is 5. The van der Waals surface area contributed by atoms with Gasteiger partial charge in [-0.2, -0.15) is 0 Å². The number of rotatable bonds is 7. The standard InChI is InChI=1S/C28H26N4O3S2/c1-28(2)15-20-22(16-35-28)37-25-23(20)24(34)31(14-13-18-9-5-3-6-10-18)26-29-30-27(32(25)26)36-17-21(33)19-11-7-4-8-12-19/h3-12H,13-17H2,1-2H3. The van der Waals surface area contributed by atoms with Crippen LogP contribution in [0.1, 0.15) is 40.2 Å². The van der Waals surface area contributed by atoms with Gasteiger partial charge in [-0.15, -0.1) is 21.5 Å². The third kappa shape index (κ3) is 4.52. The van der Waals surface area contributed by atoms with Crippen molar-refractivity contribution in [2.75, 3.05) is 5.75 Å². The van der Waals surface area contributed by atoms with Gasteiger partial charge in [0.1, 0.15) is 4.83 Å². The Morgan fingerprint density at radius 3 is 2.57 bits per heavy atom. The average molecular weight is 531 g/mol. The average Bonchev–Trinajstić information content (AvgIpc) is 3.49. The van der Waals surface area contributed by atoms with E-state index >= 15 is 0 Å². The van der Waals surface area contributed by atoms with Crippen LogP contribution in [0.3, 0.4) is 0 Å². The van der Waals surface area contributed by atoms with Gasteiger partial charge in [-0.05, 0) is 31.4 Å². The lowest BCUT2D eigenvalue weighted by atomic mass is 9.94. The zero-order valence-corrected chi connectivity index (χ0v) is 22.3. The van der Waals surface area contributed by atoms with Crippen molar-refractivity contribution in [3.05, 3.63) is 92.6 Å². The first-order valence-electron chi connectivity index (χ1n) is 12.2. The minimum atomic E-state index is -0.343. The molecule has 2 aromatic carbocycles. The molecule has 0 saturated heterocycles. The molecule has 0 unspecified atom stereocenters. The molecule has 1 aliphatic heterocycles. The van der Waals surface area contributed by atoms with Crippen LogP contribution in [0.15, 0.2) is 70.6 Å². The van der Waals surface area contributed by atoms with Gasteiger partial charge in [0.15, 0.2) is 10.9 Å². The summed E-state index contributed by atoms with van der Waals surface area (Å²) in [6.07, 6.45) is 1.36. The number of nitrogens with zero attached hydrogens (tertiary/aromatic N) is 4. The molecule has 0 spiro atoms. The highest BCUT2D eigenvalue weighted by Crippen LogP contribution is 2.38. The predicted octanol–water partition coefficient (Wildman–Crippen LogP) is 5.17. The molecule has 0 fully saturated rings. The number of ether oxygens (including phenoxy) is 1. The van der Waals surface area contributed by atoms with E-state index in [0.717, 1.165) is 20.8 Å². The SMILES string of the molecule is CC1(C)Cc2c(sc3c2c(=O)n(CCc2ccccc2)c2nnc(SCC(=O)c4ccccc4)n32)CO1. The largest absolute Gasteiger partial charge is 0.370 e. The van der Waals surface area contributed by atoms with Gasteiger partial charge in [-0.3, -0.25) is 14.2 Å². The van der Waals surface area contributed by atoms with Crippen LogP contribution >= 0.6 is 23.1 Å². The van der Waals surface area contributed by atoms with Gasteiger partial charge in [-0.25, -0.2) is 4.40 Å². The first-order valence-corrected chi connectivity index (χ1v) is 14.0. The predicted molar refractivity (Wildman–Crippen MR) is 147 cm³/mol. The maximum absolute atomic E-state index is 14.0. The van der Waals surface area contributed by atoms with Crippen molar-refractivity contribution in [2.24, 2.45) is 0 Å². The van der Waals surface area contributed by atoms with Crippen molar-refractivity contribution in [2.45, 2.75) is 50.6 Å². The van der Waals surface area contributed by atoms with E-state index in [-0.39, 0.29) is 22.7 Å². The number of hydrogen-bond acceptors (Lipinski definition) is 7. The topological polar surface area (TPSA) is 78.5 Å². The summed E-state index contributed by atoms with van der Waals surface area (Å²) in [5.74, 6) is 0.759. The summed E-state index contributed by atoms with van der Waals surface area (Å²) in [7, 11) is 0. The van der Waals surface area contributed by atoms with Gasteiger partial charge in [0, 0.05) is 23.4 Å². The lowest BCUT2D eigenvalue weighted by Crippen LogP contribution is -2.32. The second-order valence-corrected chi connectivity index (χ2v) is 11.8. The van der Waals surface area contributed by atoms with Crippen molar-refractivity contribution < 1.29 is 9.53 Å². The number of hydrogen-bond donors (Lipinski definition) is 0. The van der Waals surface area contributed by atoms with E-state index in [2.05, 4.69) is 36.2 Å². The van der Waals surface area contributed by atoms with E-state index in [1.165, 1.54) is 11.8 Å². The van der Waals surface area contributed by atoms with Crippen LogP contribution in [-0.4, -0.2) is 36.3 Å². The molecule has 7 nitrogen and oxygen atoms in total. The fourth-order valence-electron chi connectivity index (χ4n) is 4.78. The number of carbonyl (C=O) groups is 1. The molecule has 3 aromatic heterocycles. The Morgan fingerprint density at radius 2 is 1.81 bits per heavy atom. The Labute approximate surface area is 222 Å². The minimum Gasteiger partial charge on any atom is -0.370 e. The molecule has 5 aromatic rings. The van der Waals surface area contributed by atoms with Gasteiger partial charge >= 0.3 is 0 Å². The molecule has 0 saturated carbocycles. The number of carbonyl (C=O) groups excluding carboxylic acids is 1. The van der Waals surface area contributed by atoms with E-state index in [0.29, 0.717) is 47.9 Å². The van der Waals surface area contributed by atoms with E-state index in [4.69, 9.17) is 4.74 Å². The molecule has 0 radical (unpaired) electrons. The molecule has 188 valence electrons. The van der Waals surface area contributed by atoms with Crippen LogP contribution in [0.2, 0.25) is 0 Å². The molecule has 0 bridgehead atoms. The Bertz CT molecular complexity index is 1670. The number of benzene rings is 2. The summed E-state index contributed by atoms with van der Waals surface area (Å²) in [4.78, 5) is 28.6. The summed E-state index contributed by atoms with van der Waals surface area (Å²) in [6.45, 7) is 5.07. The highest BCUT2D eigenvalue weighted by molar-refractivity contribution is 7.99. The molecule has 0 N–H and O–H groups in total. The van der Waals surface area contributed by atoms with Crippen LogP contribution in [0.25, 0.3) is 16.0 Å². The second-order valence-electron chi connectivity index (χ2n) is 9.80. The first-order chi connectivity index (χ1) is 17.9. The smallest absolute Gasteiger partial charge is 0.263 e. The van der Waals surface area contributed by atoms with Crippen LogP contribution in [0, 0.1) is 0 Å². The zero-order chi connectivity index (χ0) is 25.6. The van der Waals surface area contributed by atoms with Gasteiger partial charge in [0.25, 0.3) is 5.56 Å². The second kappa shape index (κ2) is 9.55. The van der Waals surface area contributed by atoms with Gasteiger partial charge in [-0.1, -0.05) is 72.4 Å². The summed E-state index contributed by atoms with van der Waals surface area (Å²) in [5.41, 5.74) is 2.49. The minimum absolute atomic E-state index is 0.0246. The molecule has 0 aliphatic carbocycles. The van der Waals surface area contributed by atoms with E-state index in [9.17, 15) is 9.59 Å². The Balaban J connectivity index is 1.46. The van der Waals surface area contributed by atoms with E-state index < -0.39 is 0 Å². The van der Waals surface area contributed by atoms with Crippen LogP contribution in [0.4, 0.5) is 0 Å². The van der Waals surface area contributed by atoms with Crippen molar-refractivity contribution >= 4 is 44.9 Å². The molecule has 1 aliphatic rings. The lowest BCUT2D eigenvalue weighted by molar-refractivity contribution is -0.0379. The summed E-state index contributed by atoms with van der Waals surface area (Å²) < 4.78 is 9.76. The van der Waals surface area contributed by atoms with Crippen molar-refractivity contribution in [3.63, 3.8) is 0 Å². The number of thioether (sulfide) groups is 1. The molecule has 9 heteroatoms. The Kier molecular flexibility index (Phi) is 6.22. The molecule has 4 heterocycles. The summed E-state index contributed by atoms with van der Waals surface area (Å²) in [5, 5.41) is 10.2. The molecule has 0 atom stereocenters. The third-order valence-corrected chi connectivity index (χ3v) is 8.80. The zero-order valence-electron chi connectivity index (χ0n) is 20.6. The fourth-order valence-corrected chi connectivity index (χ4v) is 6.88. The van der Waals surface area contributed by atoms with E-state index in [1.807, 2.05) is 52.9 Å². The maximum Gasteiger partial charge on any atom is 0.263 e. The highest BCUT2D eigenvalue weighted by Gasteiger charge is 2.32. The first kappa shape index (κ1) is 24.1. The van der Waals surface area contributed by atoms with Crippen molar-refractivity contribution in [3.8, 4) is 0 Å². The number of Topliss-reactive ketones (excluding diaryl/α,β-unsaturated/α-hetero) is 1. The van der Waals surface area contributed by atoms with Crippen LogP contribution < -0.4 is 5.56 Å². The monoisotopic (exact) mass is 530 g/mol. The quantitative estimate of drug-likeness (QED) is 0.213. The normalized spacial score (nSPS) is 14.8.